The summed E-state index contributed by atoms with van der Waals surface area (Å²) in [4.78, 5) is 0. The van der Waals surface area contributed by atoms with Gasteiger partial charge in [-0.15, -0.1) is 0 Å². The van der Waals surface area contributed by atoms with Gasteiger partial charge < -0.3 is 27.4 Å². The van der Waals surface area contributed by atoms with Crippen LogP contribution in [0.5, 0.6) is 0 Å². The second-order valence-corrected chi connectivity index (χ2v) is 0. The van der Waals surface area contributed by atoms with Gasteiger partial charge in [0.05, 0.1) is 0 Å². The Morgan fingerprint density at radius 3 is 0.429 bits per heavy atom. The summed E-state index contributed by atoms with van der Waals surface area (Å²) < 4.78 is 0. The number of rotatable bonds is 0. The molecule has 0 saturated carbocycles. The van der Waals surface area contributed by atoms with Gasteiger partial charge in [-0.05, 0) is 0 Å². The van der Waals surface area contributed by atoms with Crippen LogP contribution in [0, 0.1) is 0 Å². The average Bonchev–Trinajstić information content (AvgIpc) is 0. The molecule has 59 valence electrons. The van der Waals surface area contributed by atoms with Crippen LogP contribution in [0.4, 0.5) is 0 Å². The fourth-order valence-electron chi connectivity index (χ4n) is 0. The smallest absolute Gasteiger partial charge is 0 e. The van der Waals surface area contributed by atoms with E-state index in [0.29, 0.717) is 0 Å². The van der Waals surface area contributed by atoms with Gasteiger partial charge in [0.1, 0.15) is 0 Å². The van der Waals surface area contributed by atoms with E-state index < -0.39 is 0 Å². The molecule has 0 aromatic heterocycles. The molecule has 0 aromatic rings. The number of hydrogen-bond donors (Lipinski definition) is 0. The van der Waals surface area contributed by atoms with Crippen molar-refractivity contribution in [2.75, 3.05) is 0 Å². The first kappa shape index (κ1) is 761. The summed E-state index contributed by atoms with van der Waals surface area (Å²) >= 11 is 0. The first-order valence-electron chi connectivity index (χ1n) is 0. The van der Waals surface area contributed by atoms with Crippen molar-refractivity contribution in [2.45, 2.75) is 0 Å². The minimum Gasteiger partial charge on any atom is -0.412 e. The zero-order valence-corrected chi connectivity index (χ0v) is 5.24. The van der Waals surface area contributed by atoms with Crippen LogP contribution in [0.2, 0.25) is 0 Å². The molecule has 0 aliphatic carbocycles. The van der Waals surface area contributed by atoms with E-state index in [0.717, 1.165) is 0 Å². The van der Waals surface area contributed by atoms with Gasteiger partial charge >= 0.3 is 0 Å². The largest absolute Gasteiger partial charge is 0.412 e. The normalized spacial score (nSPS) is 0. The van der Waals surface area contributed by atoms with E-state index in [4.69, 9.17) is 0 Å². The van der Waals surface area contributed by atoms with Crippen LogP contribution in [-0.4, -0.2) is 27.4 Å². The molecule has 5 nitrogen and oxygen atoms in total. The fourth-order valence-corrected chi connectivity index (χ4v) is 0. The Balaban J connectivity index is 0. The van der Waals surface area contributed by atoms with Crippen LogP contribution >= 0.6 is 13.5 Å². The average molecular weight is 188 g/mol. The SMILES string of the molecule is O.O.O.O.O.S.[Cu]. The third-order valence-electron chi connectivity index (χ3n) is 0. The van der Waals surface area contributed by atoms with Crippen LogP contribution in [-0.2, 0) is 17.1 Å². The Morgan fingerprint density at radius 1 is 0.429 bits per heavy atom. The molecular formula is H12CuO5S. The third kappa shape index (κ3) is 324. The van der Waals surface area contributed by atoms with Gasteiger partial charge in [-0.2, -0.15) is 13.5 Å². The monoisotopic (exact) mass is 187 g/mol. The van der Waals surface area contributed by atoms with Crippen molar-refractivity contribution in [2.24, 2.45) is 0 Å². The minimum atomic E-state index is 0. The Bertz CT molecular complexity index is 8.04. The van der Waals surface area contributed by atoms with Crippen LogP contribution in [0.3, 0.4) is 0 Å². The van der Waals surface area contributed by atoms with E-state index in [1.807, 2.05) is 0 Å². The van der Waals surface area contributed by atoms with Crippen molar-refractivity contribution in [1.82, 2.24) is 0 Å². The van der Waals surface area contributed by atoms with Gasteiger partial charge in [0.15, 0.2) is 0 Å². The Hall–Kier alpha value is 0.669. The quantitative estimate of drug-likeness (QED) is 0.339. The summed E-state index contributed by atoms with van der Waals surface area (Å²) in [5, 5.41) is 0. The molecule has 1 radical (unpaired) electrons. The molecular weight excluding hydrogens is 176 g/mol. The maximum atomic E-state index is 0. The maximum Gasteiger partial charge on any atom is 0 e. The van der Waals surface area contributed by atoms with E-state index in [1.54, 1.807) is 0 Å². The Kier molecular flexibility index (Phi) is 52000. The minimum absolute atomic E-state index is 0. The van der Waals surface area contributed by atoms with E-state index in [-0.39, 0.29) is 57.9 Å². The summed E-state index contributed by atoms with van der Waals surface area (Å²) in [7, 11) is 0. The standard InChI is InChI=1S/Cu.5H2O.H2S/h;6*1H2. The van der Waals surface area contributed by atoms with Crippen LogP contribution in [0.15, 0.2) is 0 Å². The Labute approximate surface area is 58.6 Å². The van der Waals surface area contributed by atoms with E-state index in [1.165, 1.54) is 0 Å². The molecule has 0 spiro atoms. The van der Waals surface area contributed by atoms with Crippen molar-refractivity contribution in [3.8, 4) is 0 Å². The van der Waals surface area contributed by atoms with Gasteiger partial charge in [0.2, 0.25) is 0 Å². The summed E-state index contributed by atoms with van der Waals surface area (Å²) in [6, 6.07) is 0. The molecule has 0 bridgehead atoms. The fraction of sp³-hybridized carbons (Fsp3) is 0. The first-order valence-corrected chi connectivity index (χ1v) is 0. The maximum absolute atomic E-state index is 0. The summed E-state index contributed by atoms with van der Waals surface area (Å²) in [5.74, 6) is 0. The van der Waals surface area contributed by atoms with E-state index in [2.05, 4.69) is 0 Å². The van der Waals surface area contributed by atoms with Gasteiger partial charge in [-0.3, -0.25) is 0 Å². The molecule has 10 N–H and O–H groups in total. The van der Waals surface area contributed by atoms with Gasteiger partial charge in [0, 0.05) is 17.1 Å². The molecule has 0 aliphatic rings. The zero-order chi connectivity index (χ0) is 0. The van der Waals surface area contributed by atoms with Crippen LogP contribution in [0.1, 0.15) is 0 Å². The molecule has 0 atom stereocenters. The van der Waals surface area contributed by atoms with Crippen molar-refractivity contribution < 1.29 is 44.4 Å². The van der Waals surface area contributed by atoms with Gasteiger partial charge in [0.25, 0.3) is 0 Å². The first-order chi connectivity index (χ1) is 0. The molecule has 0 amide bonds. The molecule has 0 rings (SSSR count). The predicted octanol–water partition coefficient (Wildman–Crippen LogP) is -4.01. The van der Waals surface area contributed by atoms with Crippen LogP contribution < -0.4 is 0 Å². The second-order valence-electron chi connectivity index (χ2n) is 0. The molecule has 0 aliphatic heterocycles. The van der Waals surface area contributed by atoms with Gasteiger partial charge in [-0.25, -0.2) is 0 Å². The van der Waals surface area contributed by atoms with Gasteiger partial charge in [-0.1, -0.05) is 0 Å². The molecule has 0 aromatic carbocycles. The summed E-state index contributed by atoms with van der Waals surface area (Å²) in [6.45, 7) is 0. The molecule has 7 heavy (non-hydrogen) atoms. The van der Waals surface area contributed by atoms with E-state index >= 15 is 0 Å². The van der Waals surface area contributed by atoms with E-state index in [9.17, 15) is 0 Å². The summed E-state index contributed by atoms with van der Waals surface area (Å²) in [5.41, 5.74) is 0. The molecule has 0 unspecified atom stereocenters. The molecule has 0 fully saturated rings. The van der Waals surface area contributed by atoms with Crippen molar-refractivity contribution >= 4 is 13.5 Å². The third-order valence-corrected chi connectivity index (χ3v) is 0. The Morgan fingerprint density at radius 2 is 0.429 bits per heavy atom. The summed E-state index contributed by atoms with van der Waals surface area (Å²) in [6.07, 6.45) is 0. The second kappa shape index (κ2) is 478. The molecule has 7 heteroatoms. The van der Waals surface area contributed by atoms with Crippen LogP contribution in [0.25, 0.3) is 0 Å². The zero-order valence-electron chi connectivity index (χ0n) is 3.30. The topological polar surface area (TPSA) is 158 Å². The molecule has 0 heterocycles. The van der Waals surface area contributed by atoms with Crippen molar-refractivity contribution in [1.29, 1.82) is 0 Å². The molecule has 0 saturated heterocycles. The number of hydrogen-bond acceptors (Lipinski definition) is 0. The predicted molar refractivity (Wildman–Crippen MR) is 28.4 cm³/mol. The van der Waals surface area contributed by atoms with Crippen molar-refractivity contribution in [3.05, 3.63) is 0 Å². The van der Waals surface area contributed by atoms with Crippen molar-refractivity contribution in [3.63, 3.8) is 0 Å².